The van der Waals surface area contributed by atoms with Crippen molar-refractivity contribution < 1.29 is 12.8 Å². The maximum absolute atomic E-state index is 13.1. The molecule has 4 rings (SSSR count). The molecule has 0 atom stereocenters. The van der Waals surface area contributed by atoms with Crippen molar-refractivity contribution in [3.63, 3.8) is 0 Å². The summed E-state index contributed by atoms with van der Waals surface area (Å²) < 4.78 is 43.9. The normalized spacial score (nSPS) is 12.2. The van der Waals surface area contributed by atoms with Gasteiger partial charge in [-0.1, -0.05) is 48.5 Å². The largest absolute Gasteiger partial charge is 0.285 e. The van der Waals surface area contributed by atoms with Gasteiger partial charge in [-0.05, 0) is 47.9 Å². The van der Waals surface area contributed by atoms with E-state index in [4.69, 9.17) is 0 Å². The molecule has 4 aromatic rings. The van der Waals surface area contributed by atoms with Crippen LogP contribution in [0.1, 0.15) is 0 Å². The zero-order valence-corrected chi connectivity index (χ0v) is 16.1. The van der Waals surface area contributed by atoms with E-state index < -0.39 is 15.8 Å². The number of hydrogen-bond donors (Lipinski definition) is 0. The number of halogens is 1. The van der Waals surface area contributed by atoms with Crippen molar-refractivity contribution in [1.29, 1.82) is 0 Å². The second-order valence-electron chi connectivity index (χ2n) is 5.83. The highest BCUT2D eigenvalue weighted by molar-refractivity contribution is 7.90. The molecule has 0 aliphatic rings. The monoisotopic (exact) mass is 411 g/mol. The molecule has 5 nitrogen and oxygen atoms in total. The second-order valence-corrected chi connectivity index (χ2v) is 8.34. The molecule has 0 aliphatic carbocycles. The third kappa shape index (κ3) is 3.78. The fourth-order valence-corrected chi connectivity index (χ4v) is 4.60. The van der Waals surface area contributed by atoms with Crippen molar-refractivity contribution in [2.24, 2.45) is 4.40 Å². The van der Waals surface area contributed by atoms with Crippen LogP contribution in [0.5, 0.6) is 0 Å². The van der Waals surface area contributed by atoms with Gasteiger partial charge in [-0.15, -0.1) is 4.40 Å². The van der Waals surface area contributed by atoms with Crippen molar-refractivity contribution >= 4 is 21.6 Å². The van der Waals surface area contributed by atoms with Crippen molar-refractivity contribution in [3.8, 4) is 17.1 Å². The van der Waals surface area contributed by atoms with Crippen LogP contribution in [-0.4, -0.2) is 17.4 Å². The topological polar surface area (TPSA) is 64.3 Å². The Hall–Kier alpha value is -3.10. The molecular formula is C20H14FN3O2S2. The van der Waals surface area contributed by atoms with Gasteiger partial charge in [0.25, 0.3) is 10.0 Å². The molecule has 0 amide bonds. The summed E-state index contributed by atoms with van der Waals surface area (Å²) in [6.45, 7) is 0. The maximum atomic E-state index is 13.1. The van der Waals surface area contributed by atoms with Gasteiger partial charge in [0.15, 0.2) is 5.82 Å². The zero-order valence-electron chi connectivity index (χ0n) is 14.4. The molecule has 0 spiro atoms. The highest BCUT2D eigenvalue weighted by Crippen LogP contribution is 2.22. The highest BCUT2D eigenvalue weighted by atomic mass is 32.2. The first-order valence-electron chi connectivity index (χ1n) is 8.31. The predicted molar refractivity (Wildman–Crippen MR) is 106 cm³/mol. The lowest BCUT2D eigenvalue weighted by Crippen LogP contribution is -2.06. The molecule has 8 heteroatoms. The lowest BCUT2D eigenvalue weighted by Gasteiger charge is -2.05. The number of nitrogens with zero attached hydrogens (tertiary/aromatic N) is 3. The fourth-order valence-electron chi connectivity index (χ4n) is 2.59. The van der Waals surface area contributed by atoms with Crippen LogP contribution in [0.15, 0.2) is 94.2 Å². The van der Waals surface area contributed by atoms with Crippen LogP contribution in [0.25, 0.3) is 17.1 Å². The Bertz CT molecular complexity index is 1200. The number of rotatable bonds is 4. The molecule has 0 fully saturated rings. The van der Waals surface area contributed by atoms with Crippen molar-refractivity contribution in [3.05, 3.63) is 95.5 Å². The third-order valence-electron chi connectivity index (χ3n) is 3.90. The van der Waals surface area contributed by atoms with Gasteiger partial charge in [0, 0.05) is 5.56 Å². The summed E-state index contributed by atoms with van der Waals surface area (Å²) >= 11 is 1.12. The number of aromatic nitrogens is 2. The Morgan fingerprint density at radius 2 is 1.46 bits per heavy atom. The molecule has 0 radical (unpaired) electrons. The minimum absolute atomic E-state index is 0.0865. The summed E-state index contributed by atoms with van der Waals surface area (Å²) in [6, 6.07) is 23.5. The van der Waals surface area contributed by atoms with Crippen LogP contribution in [0, 0.1) is 5.82 Å². The Balaban J connectivity index is 1.88. The summed E-state index contributed by atoms with van der Waals surface area (Å²) in [7, 11) is -4.00. The van der Waals surface area contributed by atoms with Crippen LogP contribution in [0.2, 0.25) is 0 Å². The van der Waals surface area contributed by atoms with E-state index in [2.05, 4.69) is 9.38 Å². The summed E-state index contributed by atoms with van der Waals surface area (Å²) in [5.74, 6) is 0.0753. The summed E-state index contributed by atoms with van der Waals surface area (Å²) in [5, 5.41) is 0. The maximum Gasteiger partial charge on any atom is 0.285 e. The predicted octanol–water partition coefficient (Wildman–Crippen LogP) is 4.03. The molecular weight excluding hydrogens is 397 g/mol. The lowest BCUT2D eigenvalue weighted by atomic mass is 10.2. The van der Waals surface area contributed by atoms with Gasteiger partial charge in [0.05, 0.1) is 10.6 Å². The molecule has 1 aromatic heterocycles. The number of sulfonamides is 1. The third-order valence-corrected chi connectivity index (χ3v) is 6.21. The van der Waals surface area contributed by atoms with Crippen molar-refractivity contribution in [2.75, 3.05) is 0 Å². The van der Waals surface area contributed by atoms with E-state index in [-0.39, 0.29) is 9.70 Å². The zero-order chi connectivity index (χ0) is 19.6. The quantitative estimate of drug-likeness (QED) is 0.509. The van der Waals surface area contributed by atoms with Crippen LogP contribution in [0.3, 0.4) is 0 Å². The van der Waals surface area contributed by atoms with E-state index in [1.807, 2.05) is 64.6 Å². The molecule has 0 aliphatic heterocycles. The number of hydrogen-bond acceptors (Lipinski definition) is 4. The molecule has 0 saturated carbocycles. The van der Waals surface area contributed by atoms with Gasteiger partial charge in [0.1, 0.15) is 5.82 Å². The van der Waals surface area contributed by atoms with Crippen molar-refractivity contribution in [2.45, 2.75) is 4.90 Å². The molecule has 28 heavy (non-hydrogen) atoms. The van der Waals surface area contributed by atoms with E-state index in [1.54, 1.807) is 0 Å². The van der Waals surface area contributed by atoms with E-state index >= 15 is 0 Å². The number of para-hydroxylation sites is 1. The van der Waals surface area contributed by atoms with Crippen LogP contribution in [0.4, 0.5) is 4.39 Å². The van der Waals surface area contributed by atoms with E-state index in [9.17, 15) is 12.8 Å². The molecule has 140 valence electrons. The summed E-state index contributed by atoms with van der Waals surface area (Å²) in [4.78, 5) is 4.45. The molecule has 3 aromatic carbocycles. The molecule has 0 N–H and O–H groups in total. The lowest BCUT2D eigenvalue weighted by molar-refractivity contribution is 0.595. The highest BCUT2D eigenvalue weighted by Gasteiger charge is 2.16. The van der Waals surface area contributed by atoms with E-state index in [0.717, 1.165) is 34.9 Å². The average molecular weight is 411 g/mol. The molecule has 0 unspecified atom stereocenters. The standard InChI is InChI=1S/C20H14FN3O2S2/c21-16-11-13-18(14-12-16)28(25,26)23-20-22-19(15-7-3-1-4-8-15)24(27-20)17-9-5-2-6-10-17/h1-14H. The summed E-state index contributed by atoms with van der Waals surface area (Å²) in [6.07, 6.45) is 0. The van der Waals surface area contributed by atoms with Gasteiger partial charge in [-0.3, -0.25) is 0 Å². The smallest absolute Gasteiger partial charge is 0.246 e. The van der Waals surface area contributed by atoms with Gasteiger partial charge in [-0.25, -0.2) is 8.35 Å². The van der Waals surface area contributed by atoms with Gasteiger partial charge < -0.3 is 0 Å². The van der Waals surface area contributed by atoms with Crippen LogP contribution >= 0.6 is 11.5 Å². The Labute approximate surface area is 165 Å². The SMILES string of the molecule is O=S(=O)(N=c1nc(-c2ccccc2)n(-c2ccccc2)s1)c1ccc(F)cc1. The fraction of sp³-hybridized carbons (Fsp3) is 0. The van der Waals surface area contributed by atoms with Crippen LogP contribution < -0.4 is 4.80 Å². The van der Waals surface area contributed by atoms with Gasteiger partial charge in [-0.2, -0.15) is 13.4 Å². The average Bonchev–Trinajstić information content (AvgIpc) is 3.13. The van der Waals surface area contributed by atoms with E-state index in [1.165, 1.54) is 12.1 Å². The second kappa shape index (κ2) is 7.49. The minimum atomic E-state index is -4.00. The Morgan fingerprint density at radius 1 is 0.857 bits per heavy atom. The van der Waals surface area contributed by atoms with Crippen LogP contribution in [-0.2, 0) is 10.0 Å². The Morgan fingerprint density at radius 3 is 2.11 bits per heavy atom. The minimum Gasteiger partial charge on any atom is -0.246 e. The molecule has 0 bridgehead atoms. The van der Waals surface area contributed by atoms with Crippen molar-refractivity contribution in [1.82, 2.24) is 8.94 Å². The van der Waals surface area contributed by atoms with Gasteiger partial charge >= 0.3 is 0 Å². The molecule has 1 heterocycles. The number of benzene rings is 3. The summed E-state index contributed by atoms with van der Waals surface area (Å²) in [5.41, 5.74) is 1.68. The first kappa shape index (κ1) is 18.3. The Kier molecular flexibility index (Phi) is 4.89. The first-order chi connectivity index (χ1) is 13.5. The first-order valence-corrected chi connectivity index (χ1v) is 10.5. The van der Waals surface area contributed by atoms with Gasteiger partial charge in [0.2, 0.25) is 4.80 Å². The van der Waals surface area contributed by atoms with E-state index in [0.29, 0.717) is 5.82 Å². The molecule has 0 saturated heterocycles.